The lowest BCUT2D eigenvalue weighted by atomic mass is 9.99. The van der Waals surface area contributed by atoms with Crippen molar-refractivity contribution in [3.05, 3.63) is 94.7 Å². The largest absolute Gasteiger partial charge is 0.390 e. The van der Waals surface area contributed by atoms with Crippen molar-refractivity contribution < 1.29 is 22.7 Å². The van der Waals surface area contributed by atoms with Crippen molar-refractivity contribution >= 4 is 37.5 Å². The zero-order chi connectivity index (χ0) is 28.9. The molecule has 0 fully saturated rings. The van der Waals surface area contributed by atoms with E-state index >= 15 is 0 Å². The van der Waals surface area contributed by atoms with Gasteiger partial charge in [-0.15, -0.1) is 11.3 Å². The van der Waals surface area contributed by atoms with Crippen molar-refractivity contribution in [3.63, 3.8) is 0 Å². The molecule has 1 amide bonds. The summed E-state index contributed by atoms with van der Waals surface area (Å²) in [6, 6.07) is 17.6. The van der Waals surface area contributed by atoms with Crippen molar-refractivity contribution in [2.45, 2.75) is 50.7 Å². The summed E-state index contributed by atoms with van der Waals surface area (Å²) >= 11 is 1.36. The quantitative estimate of drug-likeness (QED) is 0.239. The van der Waals surface area contributed by atoms with Crippen molar-refractivity contribution in [2.75, 3.05) is 13.1 Å². The number of carbonyl (C=O) groups excluding carboxylic acids is 1. The van der Waals surface area contributed by atoms with Crippen LogP contribution in [0.5, 0.6) is 0 Å². The van der Waals surface area contributed by atoms with Gasteiger partial charge in [-0.1, -0.05) is 56.7 Å². The first kappa shape index (κ1) is 29.8. The first-order chi connectivity index (χ1) is 19.1. The molecule has 3 aromatic carbocycles. The summed E-state index contributed by atoms with van der Waals surface area (Å²) in [5.74, 6) is -1.01. The minimum Gasteiger partial charge on any atom is -0.390 e. The van der Waals surface area contributed by atoms with E-state index in [2.05, 4.69) is 10.3 Å². The third-order valence-electron chi connectivity index (χ3n) is 7.14. The second-order valence-corrected chi connectivity index (χ2v) is 12.9. The Morgan fingerprint density at radius 1 is 1.10 bits per heavy atom. The van der Waals surface area contributed by atoms with Gasteiger partial charge in [-0.2, -0.15) is 4.31 Å². The maximum Gasteiger partial charge on any atom is 0.251 e. The predicted molar refractivity (Wildman–Crippen MR) is 156 cm³/mol. The Kier molecular flexibility index (Phi) is 9.68. The van der Waals surface area contributed by atoms with Crippen LogP contribution in [0.2, 0.25) is 0 Å². The molecule has 40 heavy (non-hydrogen) atoms. The number of amides is 1. The number of thiazole rings is 1. The van der Waals surface area contributed by atoms with E-state index in [9.17, 15) is 22.7 Å². The molecule has 1 aromatic heterocycles. The number of nitrogens with one attached hydrogen (secondary N) is 1. The van der Waals surface area contributed by atoms with Crippen LogP contribution in [0.1, 0.15) is 41.8 Å². The number of sulfonamides is 1. The number of aliphatic hydroxyl groups excluding tert-OH is 1. The summed E-state index contributed by atoms with van der Waals surface area (Å²) in [5.41, 5.74) is 3.60. The van der Waals surface area contributed by atoms with Gasteiger partial charge in [-0.05, 0) is 60.7 Å². The Morgan fingerprint density at radius 3 is 2.58 bits per heavy atom. The number of aromatic nitrogens is 1. The second-order valence-electron chi connectivity index (χ2n) is 10.1. The van der Waals surface area contributed by atoms with E-state index in [4.69, 9.17) is 0 Å². The maximum atomic E-state index is 14.2. The Balaban J connectivity index is 1.64. The molecule has 0 radical (unpaired) electrons. The molecule has 2 unspecified atom stereocenters. The fraction of sp³-hybridized carbons (Fsp3) is 0.333. The predicted octanol–water partition coefficient (Wildman–Crippen LogP) is 5.18. The highest BCUT2D eigenvalue weighted by Gasteiger charge is 2.32. The van der Waals surface area contributed by atoms with E-state index in [1.807, 2.05) is 44.2 Å². The molecule has 0 spiro atoms. The first-order valence-corrected chi connectivity index (χ1v) is 15.5. The Hall–Kier alpha value is -3.18. The van der Waals surface area contributed by atoms with Gasteiger partial charge in [0.1, 0.15) is 5.82 Å². The van der Waals surface area contributed by atoms with Crippen LogP contribution in [0.3, 0.4) is 0 Å². The molecule has 0 saturated carbocycles. The van der Waals surface area contributed by atoms with Gasteiger partial charge in [0.15, 0.2) is 0 Å². The number of fused-ring (bicyclic) bond motifs is 1. The van der Waals surface area contributed by atoms with Crippen LogP contribution in [0.4, 0.5) is 4.39 Å². The van der Waals surface area contributed by atoms with E-state index in [1.165, 1.54) is 46.8 Å². The van der Waals surface area contributed by atoms with Crippen LogP contribution in [0.25, 0.3) is 10.2 Å². The van der Waals surface area contributed by atoms with Crippen LogP contribution >= 0.6 is 11.3 Å². The van der Waals surface area contributed by atoms with Gasteiger partial charge >= 0.3 is 0 Å². The van der Waals surface area contributed by atoms with Gasteiger partial charge < -0.3 is 10.4 Å². The van der Waals surface area contributed by atoms with Gasteiger partial charge in [0.25, 0.3) is 5.91 Å². The van der Waals surface area contributed by atoms with Crippen LogP contribution < -0.4 is 5.32 Å². The lowest BCUT2D eigenvalue weighted by Gasteiger charge is -2.31. The number of hydrogen-bond donors (Lipinski definition) is 2. The summed E-state index contributed by atoms with van der Waals surface area (Å²) < 4.78 is 43.9. The standard InChI is InChI=1S/C30H34FN3O4S2/c1-4-20(2)17-34(40(37,38)23-13-14-26-29(16-23)39-19-32-26)18-28(35)27(15-22-9-6-5-7-10-22)33-30(36)24-11-8-12-25(31)21(24)3/h5-14,16,19-20,27-28,35H,4,15,17-18H2,1-3H3,(H,33,36)/t20-,27?,28?/m0/s1. The van der Waals surface area contributed by atoms with Crippen molar-refractivity contribution in [1.29, 1.82) is 0 Å². The topological polar surface area (TPSA) is 99.6 Å². The molecule has 4 aromatic rings. The molecule has 0 aliphatic rings. The second kappa shape index (κ2) is 13.0. The third-order valence-corrected chi connectivity index (χ3v) is 9.75. The molecule has 4 rings (SSSR count). The smallest absolute Gasteiger partial charge is 0.251 e. The van der Waals surface area contributed by atoms with Gasteiger partial charge in [0, 0.05) is 18.7 Å². The van der Waals surface area contributed by atoms with E-state index in [-0.39, 0.29) is 41.5 Å². The van der Waals surface area contributed by atoms with Crippen molar-refractivity contribution in [2.24, 2.45) is 5.92 Å². The summed E-state index contributed by atoms with van der Waals surface area (Å²) in [6.07, 6.45) is -0.241. The Bertz CT molecular complexity index is 1560. The van der Waals surface area contributed by atoms with E-state index in [1.54, 1.807) is 17.6 Å². The number of carbonyl (C=O) groups is 1. The summed E-state index contributed by atoms with van der Waals surface area (Å²) in [4.78, 5) is 17.6. The zero-order valence-corrected chi connectivity index (χ0v) is 24.4. The van der Waals surface area contributed by atoms with E-state index in [0.29, 0.717) is 0 Å². The number of aliphatic hydroxyl groups is 1. The van der Waals surface area contributed by atoms with Crippen LogP contribution in [-0.4, -0.2) is 54.0 Å². The van der Waals surface area contributed by atoms with Crippen LogP contribution in [-0.2, 0) is 16.4 Å². The van der Waals surface area contributed by atoms with Gasteiger partial charge in [-0.3, -0.25) is 4.79 Å². The molecule has 212 valence electrons. The third kappa shape index (κ3) is 6.93. The number of benzene rings is 3. The number of nitrogens with zero attached hydrogens (tertiary/aromatic N) is 2. The summed E-state index contributed by atoms with van der Waals surface area (Å²) in [5, 5.41) is 14.3. The van der Waals surface area contributed by atoms with E-state index in [0.717, 1.165) is 22.2 Å². The fourth-order valence-electron chi connectivity index (χ4n) is 4.48. The van der Waals surface area contributed by atoms with Gasteiger partial charge in [0.2, 0.25) is 10.0 Å². The molecule has 0 aliphatic heterocycles. The highest BCUT2D eigenvalue weighted by molar-refractivity contribution is 7.89. The molecule has 10 heteroatoms. The molecule has 0 aliphatic carbocycles. The van der Waals surface area contributed by atoms with Gasteiger partial charge in [-0.25, -0.2) is 17.8 Å². The highest BCUT2D eigenvalue weighted by atomic mass is 32.2. The minimum atomic E-state index is -3.98. The molecule has 3 atom stereocenters. The molecule has 7 nitrogen and oxygen atoms in total. The fourth-order valence-corrected chi connectivity index (χ4v) is 6.87. The Morgan fingerprint density at radius 2 is 1.85 bits per heavy atom. The number of halogens is 1. The average molecular weight is 584 g/mol. The van der Waals surface area contributed by atoms with Crippen LogP contribution in [0.15, 0.2) is 77.1 Å². The number of rotatable bonds is 12. The van der Waals surface area contributed by atoms with Crippen molar-refractivity contribution in [1.82, 2.24) is 14.6 Å². The molecule has 1 heterocycles. The normalized spacial score (nSPS) is 14.2. The molecular weight excluding hydrogens is 549 g/mol. The Labute approximate surface area is 238 Å². The average Bonchev–Trinajstić information content (AvgIpc) is 3.42. The molecule has 0 saturated heterocycles. The number of hydrogen-bond acceptors (Lipinski definition) is 6. The maximum absolute atomic E-state index is 14.2. The summed E-state index contributed by atoms with van der Waals surface area (Å²) in [6.45, 7) is 5.43. The van der Waals surface area contributed by atoms with E-state index < -0.39 is 33.9 Å². The summed E-state index contributed by atoms with van der Waals surface area (Å²) in [7, 11) is -3.98. The minimum absolute atomic E-state index is 0.0335. The van der Waals surface area contributed by atoms with Crippen LogP contribution in [0, 0.1) is 18.7 Å². The van der Waals surface area contributed by atoms with Crippen molar-refractivity contribution in [3.8, 4) is 0 Å². The highest BCUT2D eigenvalue weighted by Crippen LogP contribution is 2.26. The lowest BCUT2D eigenvalue weighted by molar-refractivity contribution is 0.0773. The molecule has 0 bridgehead atoms. The lowest BCUT2D eigenvalue weighted by Crippen LogP contribution is -2.51. The molecular formula is C30H34FN3O4S2. The molecule has 2 N–H and O–H groups in total. The van der Waals surface area contributed by atoms with Gasteiger partial charge in [0.05, 0.1) is 32.8 Å². The zero-order valence-electron chi connectivity index (χ0n) is 22.7. The first-order valence-electron chi connectivity index (χ1n) is 13.2. The monoisotopic (exact) mass is 583 g/mol. The SMILES string of the molecule is CC[C@H](C)CN(CC(O)C(Cc1ccccc1)NC(=O)c1cccc(F)c1C)S(=O)(=O)c1ccc2ncsc2c1.